The maximum Gasteiger partial charge on any atom is 0.233 e. The molecule has 5 nitrogen and oxygen atoms in total. The van der Waals surface area contributed by atoms with E-state index in [-0.39, 0.29) is 5.91 Å². The second-order valence-corrected chi connectivity index (χ2v) is 8.16. The van der Waals surface area contributed by atoms with Crippen molar-refractivity contribution < 1.29 is 9.53 Å². The maximum atomic E-state index is 13.2. The van der Waals surface area contributed by atoms with Crippen molar-refractivity contribution in [3.63, 3.8) is 0 Å². The zero-order valence-electron chi connectivity index (χ0n) is 15.5. The van der Waals surface area contributed by atoms with E-state index in [0.29, 0.717) is 23.1 Å². The average Bonchev–Trinajstić information content (AvgIpc) is 3.15. The molecule has 0 spiro atoms. The normalized spacial score (nSPS) is 15.0. The standard InChI is InChI=1S/C21H22ClN3O2S/c22-17-7-4-8-18-20(17)23-21(28-18)25(10-9-24-11-13-27-14-12-24)19(26)15-16-5-2-1-3-6-16/h1-8H,9-15H2. The first-order chi connectivity index (χ1) is 13.7. The number of nitrogens with zero attached hydrogens (tertiary/aromatic N) is 3. The van der Waals surface area contributed by atoms with E-state index in [1.165, 1.54) is 11.3 Å². The summed E-state index contributed by atoms with van der Waals surface area (Å²) in [4.78, 5) is 22.0. The number of aromatic nitrogens is 1. The molecule has 1 aromatic heterocycles. The number of morpholine rings is 1. The molecule has 1 saturated heterocycles. The highest BCUT2D eigenvalue weighted by Gasteiger charge is 2.22. The summed E-state index contributed by atoms with van der Waals surface area (Å²) < 4.78 is 6.42. The molecule has 0 radical (unpaired) electrons. The predicted octanol–water partition coefficient (Wildman–Crippen LogP) is 3.86. The number of benzene rings is 2. The smallest absolute Gasteiger partial charge is 0.233 e. The number of carbonyl (C=O) groups excluding carboxylic acids is 1. The van der Waals surface area contributed by atoms with Gasteiger partial charge in [0.25, 0.3) is 0 Å². The average molecular weight is 416 g/mol. The Balaban J connectivity index is 1.57. The van der Waals surface area contributed by atoms with Gasteiger partial charge in [0, 0.05) is 26.2 Å². The van der Waals surface area contributed by atoms with Gasteiger partial charge in [-0.2, -0.15) is 0 Å². The third-order valence-corrected chi connectivity index (χ3v) is 6.18. The molecule has 1 aliphatic heterocycles. The number of hydrogen-bond acceptors (Lipinski definition) is 5. The lowest BCUT2D eigenvalue weighted by atomic mass is 10.1. The third-order valence-electron chi connectivity index (χ3n) is 4.83. The van der Waals surface area contributed by atoms with E-state index >= 15 is 0 Å². The molecule has 7 heteroatoms. The fourth-order valence-electron chi connectivity index (χ4n) is 3.28. The molecule has 146 valence electrons. The molecular formula is C21H22ClN3O2S. The first kappa shape index (κ1) is 19.3. The SMILES string of the molecule is O=C(Cc1ccccc1)N(CCN1CCOCC1)c1nc2c(Cl)cccc2s1. The number of ether oxygens (including phenoxy) is 1. The molecule has 1 aliphatic rings. The highest BCUT2D eigenvalue weighted by atomic mass is 35.5. The summed E-state index contributed by atoms with van der Waals surface area (Å²) in [7, 11) is 0. The highest BCUT2D eigenvalue weighted by molar-refractivity contribution is 7.22. The molecule has 2 heterocycles. The Kier molecular flexibility index (Phi) is 6.22. The van der Waals surface area contributed by atoms with Gasteiger partial charge in [-0.1, -0.05) is 59.3 Å². The zero-order chi connectivity index (χ0) is 19.3. The second-order valence-electron chi connectivity index (χ2n) is 6.74. The van der Waals surface area contributed by atoms with E-state index in [2.05, 4.69) is 9.88 Å². The molecule has 0 aliphatic carbocycles. The van der Waals surface area contributed by atoms with Gasteiger partial charge in [0.15, 0.2) is 5.13 Å². The Labute approximate surface area is 173 Å². The molecular weight excluding hydrogens is 394 g/mol. The van der Waals surface area contributed by atoms with E-state index < -0.39 is 0 Å². The number of rotatable bonds is 6. The number of fused-ring (bicyclic) bond motifs is 1. The largest absolute Gasteiger partial charge is 0.379 e. The molecule has 0 atom stereocenters. The van der Waals surface area contributed by atoms with Gasteiger partial charge in [-0.15, -0.1) is 0 Å². The van der Waals surface area contributed by atoms with Crippen molar-refractivity contribution in [1.82, 2.24) is 9.88 Å². The third kappa shape index (κ3) is 4.52. The number of hydrogen-bond donors (Lipinski definition) is 0. The Morgan fingerprint density at radius 3 is 2.68 bits per heavy atom. The first-order valence-corrected chi connectivity index (χ1v) is 10.6. The van der Waals surface area contributed by atoms with Gasteiger partial charge in [0.2, 0.25) is 5.91 Å². The molecule has 0 unspecified atom stereocenters. The molecule has 1 fully saturated rings. The van der Waals surface area contributed by atoms with Gasteiger partial charge < -0.3 is 4.74 Å². The van der Waals surface area contributed by atoms with Crippen LogP contribution in [0.5, 0.6) is 0 Å². The van der Waals surface area contributed by atoms with Crippen LogP contribution in [0.1, 0.15) is 5.56 Å². The minimum Gasteiger partial charge on any atom is -0.379 e. The summed E-state index contributed by atoms with van der Waals surface area (Å²) in [5, 5.41) is 1.32. The van der Waals surface area contributed by atoms with Gasteiger partial charge in [0.1, 0.15) is 5.52 Å². The first-order valence-electron chi connectivity index (χ1n) is 9.40. The molecule has 0 N–H and O–H groups in total. The summed E-state index contributed by atoms with van der Waals surface area (Å²) in [6, 6.07) is 15.6. The topological polar surface area (TPSA) is 45.7 Å². The van der Waals surface area contributed by atoms with Crippen molar-refractivity contribution in [2.45, 2.75) is 6.42 Å². The molecule has 4 rings (SSSR count). The minimum atomic E-state index is 0.0506. The van der Waals surface area contributed by atoms with Crippen LogP contribution >= 0.6 is 22.9 Å². The number of thiazole rings is 1. The number of carbonyl (C=O) groups is 1. The van der Waals surface area contributed by atoms with Crippen molar-refractivity contribution in [3.8, 4) is 0 Å². The number of amides is 1. The molecule has 1 amide bonds. The van der Waals surface area contributed by atoms with Crippen LogP contribution in [-0.4, -0.2) is 55.2 Å². The van der Waals surface area contributed by atoms with Crippen LogP contribution in [-0.2, 0) is 16.0 Å². The van der Waals surface area contributed by atoms with E-state index in [0.717, 1.165) is 48.6 Å². The van der Waals surface area contributed by atoms with Gasteiger partial charge in [0.05, 0.1) is 29.4 Å². The van der Waals surface area contributed by atoms with Crippen LogP contribution in [0.2, 0.25) is 5.02 Å². The molecule has 2 aromatic carbocycles. The van der Waals surface area contributed by atoms with E-state index in [1.54, 1.807) is 0 Å². The lowest BCUT2D eigenvalue weighted by molar-refractivity contribution is -0.118. The van der Waals surface area contributed by atoms with Crippen LogP contribution in [0.3, 0.4) is 0 Å². The van der Waals surface area contributed by atoms with E-state index in [4.69, 9.17) is 16.3 Å². The Morgan fingerprint density at radius 1 is 1.14 bits per heavy atom. The van der Waals surface area contributed by atoms with Crippen molar-refractivity contribution in [3.05, 3.63) is 59.1 Å². The number of anilines is 1. The molecule has 0 saturated carbocycles. The Bertz CT molecular complexity index is 941. The predicted molar refractivity (Wildman–Crippen MR) is 114 cm³/mol. The molecule has 28 heavy (non-hydrogen) atoms. The fraction of sp³-hybridized carbons (Fsp3) is 0.333. The molecule has 3 aromatic rings. The van der Waals surface area contributed by atoms with Crippen molar-refractivity contribution >= 4 is 44.2 Å². The number of para-hydroxylation sites is 1. The Morgan fingerprint density at radius 2 is 1.93 bits per heavy atom. The highest BCUT2D eigenvalue weighted by Crippen LogP contribution is 2.33. The summed E-state index contributed by atoms with van der Waals surface area (Å²) in [5.41, 5.74) is 1.76. The lowest BCUT2D eigenvalue weighted by Gasteiger charge is -2.29. The van der Waals surface area contributed by atoms with Crippen LogP contribution in [0.4, 0.5) is 5.13 Å². The van der Waals surface area contributed by atoms with Crippen molar-refractivity contribution in [2.75, 3.05) is 44.3 Å². The zero-order valence-corrected chi connectivity index (χ0v) is 17.1. The van der Waals surface area contributed by atoms with Crippen molar-refractivity contribution in [2.24, 2.45) is 0 Å². The summed E-state index contributed by atoms with van der Waals surface area (Å²) in [6.45, 7) is 4.68. The fourth-order valence-corrected chi connectivity index (χ4v) is 4.59. The van der Waals surface area contributed by atoms with Gasteiger partial charge in [-0.3, -0.25) is 14.6 Å². The van der Waals surface area contributed by atoms with Gasteiger partial charge >= 0.3 is 0 Å². The van der Waals surface area contributed by atoms with Crippen LogP contribution < -0.4 is 4.90 Å². The monoisotopic (exact) mass is 415 g/mol. The van der Waals surface area contributed by atoms with E-state index in [9.17, 15) is 4.79 Å². The minimum absolute atomic E-state index is 0.0506. The maximum absolute atomic E-state index is 13.2. The van der Waals surface area contributed by atoms with Crippen LogP contribution in [0.25, 0.3) is 10.2 Å². The van der Waals surface area contributed by atoms with Gasteiger partial charge in [-0.05, 0) is 17.7 Å². The summed E-state index contributed by atoms with van der Waals surface area (Å²) in [6.07, 6.45) is 0.355. The quantitative estimate of drug-likeness (QED) is 0.613. The van der Waals surface area contributed by atoms with E-state index in [1.807, 2.05) is 53.4 Å². The lowest BCUT2D eigenvalue weighted by Crippen LogP contribution is -2.43. The Hall–Kier alpha value is -1.99. The van der Waals surface area contributed by atoms with Gasteiger partial charge in [-0.25, -0.2) is 4.98 Å². The second kappa shape index (κ2) is 9.01. The van der Waals surface area contributed by atoms with Crippen LogP contribution in [0, 0.1) is 0 Å². The van der Waals surface area contributed by atoms with Crippen LogP contribution in [0.15, 0.2) is 48.5 Å². The molecule has 0 bridgehead atoms. The summed E-state index contributed by atoms with van der Waals surface area (Å²) >= 11 is 7.81. The number of halogens is 1. The summed E-state index contributed by atoms with van der Waals surface area (Å²) in [5.74, 6) is 0.0506. The van der Waals surface area contributed by atoms with Crippen molar-refractivity contribution in [1.29, 1.82) is 0 Å².